The highest BCUT2D eigenvalue weighted by molar-refractivity contribution is 5.75. The highest BCUT2D eigenvalue weighted by atomic mass is 16.5. The summed E-state index contributed by atoms with van der Waals surface area (Å²) in [7, 11) is 1.93. The number of piperazine rings is 1. The number of anilines is 2. The Bertz CT molecular complexity index is 1210. The highest BCUT2D eigenvalue weighted by Gasteiger charge is 2.26. The van der Waals surface area contributed by atoms with Gasteiger partial charge in [-0.2, -0.15) is 10.2 Å². The van der Waals surface area contributed by atoms with Crippen molar-refractivity contribution in [3.8, 4) is 11.1 Å². The molecular weight excluding hydrogens is 406 g/mol. The van der Waals surface area contributed by atoms with Crippen molar-refractivity contribution in [2.45, 2.75) is 25.5 Å². The number of fused-ring (bicyclic) bond motifs is 1. The quantitative estimate of drug-likeness (QED) is 0.489. The molecule has 4 aromatic heterocycles. The average molecular weight is 434 g/mol. The summed E-state index contributed by atoms with van der Waals surface area (Å²) in [4.78, 5) is 4.72. The molecule has 10 heteroatoms. The fraction of sp³-hybridized carbons (Fsp3) is 0.455. The van der Waals surface area contributed by atoms with Crippen LogP contribution in [0.1, 0.15) is 25.5 Å². The zero-order valence-corrected chi connectivity index (χ0v) is 18.2. The second kappa shape index (κ2) is 7.94. The van der Waals surface area contributed by atoms with E-state index in [-0.39, 0.29) is 6.23 Å². The summed E-state index contributed by atoms with van der Waals surface area (Å²) in [6.45, 7) is 4.40. The van der Waals surface area contributed by atoms with E-state index in [1.165, 1.54) is 12.1 Å². The molecule has 1 atom stereocenters. The van der Waals surface area contributed by atoms with Gasteiger partial charge in [-0.3, -0.25) is 9.25 Å². The highest BCUT2D eigenvalue weighted by Crippen LogP contribution is 2.29. The van der Waals surface area contributed by atoms with Crippen LogP contribution in [0.3, 0.4) is 0 Å². The normalized spacial score (nSPS) is 19.7. The molecular formula is C22H27N9O. The van der Waals surface area contributed by atoms with Crippen molar-refractivity contribution >= 4 is 17.2 Å². The van der Waals surface area contributed by atoms with Crippen molar-refractivity contribution in [1.29, 1.82) is 0 Å². The summed E-state index contributed by atoms with van der Waals surface area (Å²) in [5, 5.41) is 17.5. The lowest BCUT2D eigenvalue weighted by Crippen LogP contribution is -2.47. The van der Waals surface area contributed by atoms with E-state index in [0.29, 0.717) is 0 Å². The van der Waals surface area contributed by atoms with Crippen LogP contribution in [0, 0.1) is 0 Å². The summed E-state index contributed by atoms with van der Waals surface area (Å²) >= 11 is 0. The number of rotatable bonds is 4. The number of pyridine rings is 1. The summed E-state index contributed by atoms with van der Waals surface area (Å²) < 4.78 is 11.8. The van der Waals surface area contributed by atoms with Gasteiger partial charge in [0.15, 0.2) is 0 Å². The molecule has 6 heterocycles. The van der Waals surface area contributed by atoms with Crippen molar-refractivity contribution in [1.82, 2.24) is 34.2 Å². The van der Waals surface area contributed by atoms with Crippen molar-refractivity contribution in [3.05, 3.63) is 43.2 Å². The van der Waals surface area contributed by atoms with Gasteiger partial charge in [-0.05, 0) is 25.3 Å². The van der Waals surface area contributed by atoms with Crippen LogP contribution in [-0.2, 0) is 11.8 Å². The molecule has 0 aliphatic carbocycles. The Morgan fingerprint density at radius 1 is 0.938 bits per heavy atom. The van der Waals surface area contributed by atoms with Crippen molar-refractivity contribution < 1.29 is 4.74 Å². The second-order valence-corrected chi connectivity index (χ2v) is 8.51. The van der Waals surface area contributed by atoms with E-state index in [1.54, 1.807) is 0 Å². The maximum atomic E-state index is 5.95. The largest absolute Gasteiger partial charge is 0.365 e. The summed E-state index contributed by atoms with van der Waals surface area (Å²) in [5.41, 5.74) is 4.48. The topological polar surface area (TPSA) is 81.5 Å². The van der Waals surface area contributed by atoms with E-state index >= 15 is 0 Å². The monoisotopic (exact) mass is 433 g/mol. The molecule has 0 amide bonds. The minimum Gasteiger partial charge on any atom is -0.365 e. The Hall–Kier alpha value is -3.40. The van der Waals surface area contributed by atoms with Crippen LogP contribution in [0.25, 0.3) is 16.6 Å². The standard InChI is InChI=1S/C22H27N9O/c1-27-14-18(12-24-27)17-5-6-19-20(13-25-31(19)15-17)28-7-9-29(10-8-28)22-26-23-16-30(22)21-4-2-3-11-32-21/h5-6,12-16,21H,2-4,7-11H2,1H3. The molecule has 32 heavy (non-hydrogen) atoms. The lowest BCUT2D eigenvalue weighted by Gasteiger charge is -2.37. The number of aromatic nitrogens is 7. The van der Waals surface area contributed by atoms with E-state index in [1.807, 2.05) is 41.2 Å². The molecule has 2 aliphatic heterocycles. The molecule has 2 fully saturated rings. The molecule has 6 rings (SSSR count). The van der Waals surface area contributed by atoms with Gasteiger partial charge in [0.2, 0.25) is 5.95 Å². The maximum absolute atomic E-state index is 5.95. The van der Waals surface area contributed by atoms with Gasteiger partial charge in [0.25, 0.3) is 0 Å². The van der Waals surface area contributed by atoms with Crippen molar-refractivity contribution in [3.63, 3.8) is 0 Å². The van der Waals surface area contributed by atoms with Crippen LogP contribution >= 0.6 is 0 Å². The van der Waals surface area contributed by atoms with Crippen molar-refractivity contribution in [2.24, 2.45) is 7.05 Å². The van der Waals surface area contributed by atoms with Gasteiger partial charge >= 0.3 is 0 Å². The van der Waals surface area contributed by atoms with E-state index in [9.17, 15) is 0 Å². The third-order valence-electron chi connectivity index (χ3n) is 6.46. The van der Waals surface area contributed by atoms with E-state index in [2.05, 4.69) is 53.1 Å². The minimum atomic E-state index is 0.0559. The van der Waals surface area contributed by atoms with E-state index in [0.717, 1.165) is 68.2 Å². The van der Waals surface area contributed by atoms with Crippen LogP contribution in [0.15, 0.2) is 43.2 Å². The van der Waals surface area contributed by atoms with Crippen LogP contribution < -0.4 is 9.80 Å². The molecule has 10 nitrogen and oxygen atoms in total. The summed E-state index contributed by atoms with van der Waals surface area (Å²) in [6.07, 6.45) is 13.1. The first-order valence-corrected chi connectivity index (χ1v) is 11.2. The fourth-order valence-corrected chi connectivity index (χ4v) is 4.71. The Balaban J connectivity index is 1.18. The maximum Gasteiger partial charge on any atom is 0.229 e. The number of hydrogen-bond acceptors (Lipinski definition) is 7. The van der Waals surface area contributed by atoms with Crippen LogP contribution in [0.5, 0.6) is 0 Å². The number of hydrogen-bond donors (Lipinski definition) is 0. The van der Waals surface area contributed by atoms with Crippen LogP contribution in [-0.4, -0.2) is 66.9 Å². The van der Waals surface area contributed by atoms with Gasteiger partial charge in [-0.25, -0.2) is 4.52 Å². The molecule has 0 radical (unpaired) electrons. The summed E-state index contributed by atoms with van der Waals surface area (Å²) in [6, 6.07) is 4.29. The summed E-state index contributed by atoms with van der Waals surface area (Å²) in [5.74, 6) is 0.914. The van der Waals surface area contributed by atoms with E-state index in [4.69, 9.17) is 4.74 Å². The predicted octanol–water partition coefficient (Wildman–Crippen LogP) is 2.35. The number of nitrogens with zero attached hydrogens (tertiary/aromatic N) is 9. The Morgan fingerprint density at radius 2 is 1.81 bits per heavy atom. The molecule has 4 aromatic rings. The average Bonchev–Trinajstić information content (AvgIpc) is 3.59. The number of aryl methyl sites for hydroxylation is 1. The van der Waals surface area contributed by atoms with Gasteiger partial charge in [0.05, 0.1) is 23.6 Å². The molecule has 2 saturated heterocycles. The first-order chi connectivity index (χ1) is 15.8. The molecule has 0 spiro atoms. The lowest BCUT2D eigenvalue weighted by molar-refractivity contribution is -0.0313. The first-order valence-electron chi connectivity index (χ1n) is 11.2. The van der Waals surface area contributed by atoms with Crippen LogP contribution in [0.2, 0.25) is 0 Å². The number of ether oxygens (including phenoxy) is 1. The predicted molar refractivity (Wildman–Crippen MR) is 121 cm³/mol. The molecule has 0 N–H and O–H groups in total. The van der Waals surface area contributed by atoms with Crippen LogP contribution in [0.4, 0.5) is 11.6 Å². The van der Waals surface area contributed by atoms with Gasteiger partial charge in [-0.1, -0.05) is 6.07 Å². The van der Waals surface area contributed by atoms with Gasteiger partial charge < -0.3 is 14.5 Å². The van der Waals surface area contributed by atoms with Crippen molar-refractivity contribution in [2.75, 3.05) is 42.6 Å². The third-order valence-corrected chi connectivity index (χ3v) is 6.46. The third kappa shape index (κ3) is 3.40. The second-order valence-electron chi connectivity index (χ2n) is 8.51. The molecule has 1 unspecified atom stereocenters. The SMILES string of the molecule is Cn1cc(-c2ccc3c(N4CCN(c5nncn5C5CCCCO5)CC4)cnn3c2)cn1. The van der Waals surface area contributed by atoms with Gasteiger partial charge in [-0.15, -0.1) is 10.2 Å². The molecule has 0 saturated carbocycles. The molecule has 0 bridgehead atoms. The minimum absolute atomic E-state index is 0.0559. The molecule has 0 aromatic carbocycles. The fourth-order valence-electron chi connectivity index (χ4n) is 4.71. The van der Waals surface area contributed by atoms with E-state index < -0.39 is 0 Å². The smallest absolute Gasteiger partial charge is 0.229 e. The Morgan fingerprint density at radius 3 is 2.59 bits per heavy atom. The first kappa shape index (κ1) is 19.3. The molecule has 2 aliphatic rings. The lowest BCUT2D eigenvalue weighted by atomic mass is 10.1. The van der Waals surface area contributed by atoms with Gasteiger partial charge in [0.1, 0.15) is 12.6 Å². The Labute approximate surface area is 186 Å². The Kier molecular flexibility index (Phi) is 4.79. The van der Waals surface area contributed by atoms with Gasteiger partial charge in [0, 0.05) is 63.4 Å². The molecule has 166 valence electrons. The zero-order chi connectivity index (χ0) is 21.5. The zero-order valence-electron chi connectivity index (χ0n) is 18.2.